The number of nitrogens with two attached hydrogens (primary N) is 1. The summed E-state index contributed by atoms with van der Waals surface area (Å²) in [4.78, 5) is 0. The van der Waals surface area contributed by atoms with Crippen LogP contribution in [0, 0.1) is 0 Å². The van der Waals surface area contributed by atoms with Crippen LogP contribution in [0.5, 0.6) is 0 Å². The highest BCUT2D eigenvalue weighted by Gasteiger charge is 2.19. The molecule has 0 fully saturated rings. The highest BCUT2D eigenvalue weighted by atomic mass is 16.5. The van der Waals surface area contributed by atoms with E-state index in [2.05, 4.69) is 6.92 Å². The van der Waals surface area contributed by atoms with Gasteiger partial charge in [-0.05, 0) is 34.1 Å². The molecule has 2 heteroatoms. The van der Waals surface area contributed by atoms with Crippen LogP contribution in [-0.4, -0.2) is 17.7 Å². The Morgan fingerprint density at radius 3 is 1.91 bits per heavy atom. The van der Waals surface area contributed by atoms with Crippen molar-refractivity contribution in [2.45, 2.75) is 52.2 Å². The van der Waals surface area contributed by atoms with E-state index in [9.17, 15) is 0 Å². The lowest BCUT2D eigenvalue weighted by Crippen LogP contribution is -2.42. The van der Waals surface area contributed by atoms with Gasteiger partial charge in [-0.2, -0.15) is 0 Å². The van der Waals surface area contributed by atoms with Crippen LogP contribution in [-0.2, 0) is 4.74 Å². The molecule has 11 heavy (non-hydrogen) atoms. The minimum atomic E-state index is -0.173. The first-order chi connectivity index (χ1) is 4.77. The van der Waals surface area contributed by atoms with Gasteiger partial charge in [0, 0.05) is 5.54 Å². The topological polar surface area (TPSA) is 35.2 Å². The number of rotatable bonds is 3. The van der Waals surface area contributed by atoms with Crippen LogP contribution in [0.15, 0.2) is 0 Å². The molecule has 0 spiro atoms. The van der Waals surface area contributed by atoms with Gasteiger partial charge in [0.25, 0.3) is 0 Å². The molecule has 2 N–H and O–H groups in total. The average Bonchev–Trinajstić information content (AvgIpc) is 1.83. The molecule has 0 radical (unpaired) electrons. The van der Waals surface area contributed by atoms with Gasteiger partial charge < -0.3 is 10.5 Å². The van der Waals surface area contributed by atoms with E-state index in [4.69, 9.17) is 10.5 Å². The highest BCUT2D eigenvalue weighted by molar-refractivity contribution is 4.77. The maximum absolute atomic E-state index is 5.90. The van der Waals surface area contributed by atoms with Crippen LogP contribution in [0.2, 0.25) is 0 Å². The fourth-order valence-corrected chi connectivity index (χ4v) is 0.483. The van der Waals surface area contributed by atoms with E-state index in [1.54, 1.807) is 0 Å². The van der Waals surface area contributed by atoms with Gasteiger partial charge in [-0.25, -0.2) is 0 Å². The lowest BCUT2D eigenvalue weighted by atomic mass is 10.0. The maximum Gasteiger partial charge on any atom is 0.0650 e. The fraction of sp³-hybridized carbons (Fsp3) is 1.00. The van der Waals surface area contributed by atoms with Gasteiger partial charge in [0.2, 0.25) is 0 Å². The van der Waals surface area contributed by atoms with Gasteiger partial charge in [0.05, 0.1) is 12.2 Å². The van der Waals surface area contributed by atoms with Crippen molar-refractivity contribution in [2.24, 2.45) is 5.73 Å². The SMILES string of the molecule is CCC(C)(N)COC(C)(C)C. The van der Waals surface area contributed by atoms with Crippen molar-refractivity contribution in [3.05, 3.63) is 0 Å². The highest BCUT2D eigenvalue weighted by Crippen LogP contribution is 2.12. The standard InChI is InChI=1S/C9H21NO/c1-6-9(5,10)7-11-8(2,3)4/h6-7,10H2,1-5H3. The predicted molar refractivity (Wildman–Crippen MR) is 48.6 cm³/mol. The van der Waals surface area contributed by atoms with Gasteiger partial charge in [-0.1, -0.05) is 6.92 Å². The molecular formula is C9H21NO. The molecule has 1 unspecified atom stereocenters. The minimum Gasteiger partial charge on any atom is -0.374 e. The molecule has 0 aliphatic carbocycles. The number of hydrogen-bond acceptors (Lipinski definition) is 2. The average molecular weight is 159 g/mol. The number of ether oxygens (including phenoxy) is 1. The van der Waals surface area contributed by atoms with Crippen LogP contribution in [0.1, 0.15) is 41.0 Å². The number of hydrogen-bond donors (Lipinski definition) is 1. The Bertz CT molecular complexity index is 113. The molecule has 0 aromatic carbocycles. The van der Waals surface area contributed by atoms with Crippen LogP contribution < -0.4 is 5.73 Å². The first kappa shape index (κ1) is 10.9. The van der Waals surface area contributed by atoms with Crippen LogP contribution >= 0.6 is 0 Å². The second kappa shape index (κ2) is 3.55. The molecule has 2 nitrogen and oxygen atoms in total. The molecule has 68 valence electrons. The molecule has 0 bridgehead atoms. The predicted octanol–water partition coefficient (Wildman–Crippen LogP) is 1.93. The summed E-state index contributed by atoms with van der Waals surface area (Å²) < 4.78 is 5.56. The fourth-order valence-electron chi connectivity index (χ4n) is 0.483. The molecule has 1 atom stereocenters. The second-order valence-electron chi connectivity index (χ2n) is 4.41. The molecule has 0 aliphatic heterocycles. The van der Waals surface area contributed by atoms with Crippen molar-refractivity contribution in [2.75, 3.05) is 6.61 Å². The third-order valence-corrected chi connectivity index (χ3v) is 1.64. The smallest absolute Gasteiger partial charge is 0.0650 e. The summed E-state index contributed by atoms with van der Waals surface area (Å²) in [7, 11) is 0. The van der Waals surface area contributed by atoms with Crippen molar-refractivity contribution in [1.29, 1.82) is 0 Å². The van der Waals surface area contributed by atoms with Gasteiger partial charge in [0.1, 0.15) is 0 Å². The summed E-state index contributed by atoms with van der Waals surface area (Å²) in [6, 6.07) is 0. The quantitative estimate of drug-likeness (QED) is 0.683. The largest absolute Gasteiger partial charge is 0.374 e. The van der Waals surface area contributed by atoms with Crippen molar-refractivity contribution in [1.82, 2.24) is 0 Å². The van der Waals surface area contributed by atoms with Gasteiger partial charge in [-0.3, -0.25) is 0 Å². The molecule has 0 heterocycles. The molecule has 0 saturated carbocycles. The van der Waals surface area contributed by atoms with Gasteiger partial charge in [-0.15, -0.1) is 0 Å². The lowest BCUT2D eigenvalue weighted by Gasteiger charge is -2.28. The molecular weight excluding hydrogens is 138 g/mol. The van der Waals surface area contributed by atoms with E-state index < -0.39 is 0 Å². The Morgan fingerprint density at radius 1 is 1.18 bits per heavy atom. The van der Waals surface area contributed by atoms with Crippen LogP contribution in [0.4, 0.5) is 0 Å². The van der Waals surface area contributed by atoms with Crippen molar-refractivity contribution < 1.29 is 4.74 Å². The van der Waals surface area contributed by atoms with Crippen LogP contribution in [0.25, 0.3) is 0 Å². The summed E-state index contributed by atoms with van der Waals surface area (Å²) in [5.74, 6) is 0. The normalized spacial score (nSPS) is 18.0. The van der Waals surface area contributed by atoms with E-state index >= 15 is 0 Å². The van der Waals surface area contributed by atoms with E-state index in [0.29, 0.717) is 6.61 Å². The molecule has 0 aromatic heterocycles. The zero-order chi connectivity index (χ0) is 9.12. The zero-order valence-corrected chi connectivity index (χ0v) is 8.40. The van der Waals surface area contributed by atoms with E-state index in [1.165, 1.54) is 0 Å². The summed E-state index contributed by atoms with van der Waals surface area (Å²) in [5, 5.41) is 0. The summed E-state index contributed by atoms with van der Waals surface area (Å²) in [6.07, 6.45) is 0.948. The first-order valence-corrected chi connectivity index (χ1v) is 4.20. The Labute approximate surface area is 70.1 Å². The lowest BCUT2D eigenvalue weighted by molar-refractivity contribution is -0.0267. The Balaban J connectivity index is 3.70. The molecule has 0 aliphatic rings. The van der Waals surface area contributed by atoms with Crippen molar-refractivity contribution in [3.63, 3.8) is 0 Å². The summed E-state index contributed by atoms with van der Waals surface area (Å²) >= 11 is 0. The van der Waals surface area contributed by atoms with Crippen molar-refractivity contribution >= 4 is 0 Å². The third-order valence-electron chi connectivity index (χ3n) is 1.64. The maximum atomic E-state index is 5.90. The summed E-state index contributed by atoms with van der Waals surface area (Å²) in [6.45, 7) is 10.8. The molecule has 0 aromatic rings. The molecule has 0 saturated heterocycles. The van der Waals surface area contributed by atoms with E-state index in [1.807, 2.05) is 27.7 Å². The van der Waals surface area contributed by atoms with Gasteiger partial charge >= 0.3 is 0 Å². The van der Waals surface area contributed by atoms with Gasteiger partial charge in [0.15, 0.2) is 0 Å². The van der Waals surface area contributed by atoms with E-state index in [-0.39, 0.29) is 11.1 Å². The second-order valence-corrected chi connectivity index (χ2v) is 4.41. The molecule has 0 amide bonds. The Morgan fingerprint density at radius 2 is 1.64 bits per heavy atom. The Hall–Kier alpha value is -0.0800. The summed E-state index contributed by atoms with van der Waals surface area (Å²) in [5.41, 5.74) is 5.65. The third kappa shape index (κ3) is 6.32. The Kier molecular flexibility index (Phi) is 3.52. The van der Waals surface area contributed by atoms with Crippen molar-refractivity contribution in [3.8, 4) is 0 Å². The molecule has 0 rings (SSSR count). The minimum absolute atomic E-state index is 0.0736. The first-order valence-electron chi connectivity index (χ1n) is 4.20. The zero-order valence-electron chi connectivity index (χ0n) is 8.40. The monoisotopic (exact) mass is 159 g/mol. The van der Waals surface area contributed by atoms with Crippen LogP contribution in [0.3, 0.4) is 0 Å². The van der Waals surface area contributed by atoms with E-state index in [0.717, 1.165) is 6.42 Å².